The van der Waals surface area contributed by atoms with Gasteiger partial charge in [-0.1, -0.05) is 12.1 Å². The Morgan fingerprint density at radius 2 is 1.82 bits per heavy atom. The topological polar surface area (TPSA) is 92.8 Å². The third-order valence-corrected chi connectivity index (χ3v) is 7.22. The first-order valence-corrected chi connectivity index (χ1v) is 12.8. The summed E-state index contributed by atoms with van der Waals surface area (Å²) in [5.74, 6) is 0.435. The fourth-order valence-corrected chi connectivity index (χ4v) is 5.05. The van der Waals surface area contributed by atoms with Gasteiger partial charge in [0.05, 0.1) is 28.2 Å². The first-order chi connectivity index (χ1) is 18.6. The number of aromatic hydroxyl groups is 1. The van der Waals surface area contributed by atoms with Crippen LogP contribution in [0, 0.1) is 5.92 Å². The summed E-state index contributed by atoms with van der Waals surface area (Å²) in [6.45, 7) is 2.65. The van der Waals surface area contributed by atoms with E-state index < -0.39 is 17.6 Å². The molecule has 1 aliphatic carbocycles. The molecule has 2 heterocycles. The summed E-state index contributed by atoms with van der Waals surface area (Å²) in [5.41, 5.74) is 0.421. The van der Waals surface area contributed by atoms with Crippen LogP contribution in [0.25, 0.3) is 0 Å². The quantitative estimate of drug-likeness (QED) is 0.328. The monoisotopic (exact) mass is 540 g/mol. The molecule has 39 heavy (non-hydrogen) atoms. The van der Waals surface area contributed by atoms with E-state index in [9.17, 15) is 23.1 Å². The van der Waals surface area contributed by atoms with E-state index in [1.165, 1.54) is 38.1 Å². The lowest BCUT2D eigenvalue weighted by Crippen LogP contribution is -2.53. The highest BCUT2D eigenvalue weighted by atomic mass is 19.4. The number of rotatable bonds is 7. The summed E-state index contributed by atoms with van der Waals surface area (Å²) in [5, 5.41) is 19.1. The van der Waals surface area contributed by atoms with Crippen molar-refractivity contribution in [2.75, 3.05) is 49.3 Å². The van der Waals surface area contributed by atoms with Gasteiger partial charge in [0.2, 0.25) is 0 Å². The summed E-state index contributed by atoms with van der Waals surface area (Å²) in [6, 6.07) is 13.1. The van der Waals surface area contributed by atoms with Crippen LogP contribution in [0.2, 0.25) is 0 Å². The van der Waals surface area contributed by atoms with Crippen LogP contribution >= 0.6 is 0 Å². The number of halogens is 3. The van der Waals surface area contributed by atoms with Crippen molar-refractivity contribution in [3.05, 3.63) is 65.9 Å². The third kappa shape index (κ3) is 5.88. The Kier molecular flexibility index (Phi) is 7.26. The van der Waals surface area contributed by atoms with Gasteiger partial charge in [0.15, 0.2) is 0 Å². The molecule has 0 radical (unpaired) electrons. The number of nitrogens with zero attached hydrogens (tertiary/aromatic N) is 3. The molecule has 8 nitrogen and oxygen atoms in total. The number of phenols is 1. The SMILES string of the molecule is CNC(=O)c1ccccc1Nc1cc(Nc2ccc(N3CCN(C)C[C@H]3C3CC3)c(O)c2)ncc1C(F)(F)F. The zero-order chi connectivity index (χ0) is 27.7. The van der Waals surface area contributed by atoms with E-state index in [2.05, 4.69) is 37.8 Å². The molecule has 1 saturated carbocycles. The van der Waals surface area contributed by atoms with Gasteiger partial charge in [-0.05, 0) is 50.1 Å². The number of phenolic OH excluding ortho intramolecular Hbond substituents is 1. The van der Waals surface area contributed by atoms with Crippen molar-refractivity contribution in [1.82, 2.24) is 15.2 Å². The Balaban J connectivity index is 1.41. The number of piperazine rings is 1. The Bertz CT molecular complexity index is 1360. The number of pyridine rings is 1. The second-order valence-electron chi connectivity index (χ2n) is 10.1. The molecule has 0 unspecified atom stereocenters. The number of benzene rings is 2. The Morgan fingerprint density at radius 1 is 1.05 bits per heavy atom. The van der Waals surface area contributed by atoms with Crippen molar-refractivity contribution in [3.8, 4) is 5.75 Å². The summed E-state index contributed by atoms with van der Waals surface area (Å²) in [7, 11) is 3.56. The number of aromatic nitrogens is 1. The molecule has 0 bridgehead atoms. The lowest BCUT2D eigenvalue weighted by Gasteiger charge is -2.42. The van der Waals surface area contributed by atoms with Crippen molar-refractivity contribution in [2.24, 2.45) is 5.92 Å². The fraction of sp³-hybridized carbons (Fsp3) is 0.357. The van der Waals surface area contributed by atoms with Gasteiger partial charge in [-0.25, -0.2) is 4.98 Å². The highest BCUT2D eigenvalue weighted by molar-refractivity contribution is 6.00. The summed E-state index contributed by atoms with van der Waals surface area (Å²) < 4.78 is 41.4. The number of para-hydroxylation sites is 1. The number of anilines is 5. The van der Waals surface area contributed by atoms with Crippen molar-refractivity contribution < 1.29 is 23.1 Å². The van der Waals surface area contributed by atoms with Crippen molar-refractivity contribution in [3.63, 3.8) is 0 Å². The first kappa shape index (κ1) is 26.6. The lowest BCUT2D eigenvalue weighted by atomic mass is 10.1. The Morgan fingerprint density at radius 3 is 2.51 bits per heavy atom. The van der Waals surface area contributed by atoms with E-state index in [4.69, 9.17) is 0 Å². The van der Waals surface area contributed by atoms with Gasteiger partial charge < -0.3 is 30.9 Å². The molecule has 1 aromatic heterocycles. The fourth-order valence-electron chi connectivity index (χ4n) is 5.05. The summed E-state index contributed by atoms with van der Waals surface area (Å²) in [6.07, 6.45) is -1.54. The molecule has 0 spiro atoms. The highest BCUT2D eigenvalue weighted by Crippen LogP contribution is 2.42. The summed E-state index contributed by atoms with van der Waals surface area (Å²) in [4.78, 5) is 20.8. The number of hydrogen-bond acceptors (Lipinski definition) is 7. The molecular formula is C28H31F3N6O2. The lowest BCUT2D eigenvalue weighted by molar-refractivity contribution is -0.137. The maximum Gasteiger partial charge on any atom is 0.419 e. The molecule has 11 heteroatoms. The predicted molar refractivity (Wildman–Crippen MR) is 145 cm³/mol. The van der Waals surface area contributed by atoms with E-state index in [0.717, 1.165) is 31.5 Å². The molecule has 2 aromatic carbocycles. The van der Waals surface area contributed by atoms with Crippen LogP contribution in [0.4, 0.5) is 41.7 Å². The van der Waals surface area contributed by atoms with Gasteiger partial charge in [-0.2, -0.15) is 13.2 Å². The van der Waals surface area contributed by atoms with E-state index in [-0.39, 0.29) is 28.5 Å². The minimum atomic E-state index is -4.67. The zero-order valence-electron chi connectivity index (χ0n) is 21.7. The number of carbonyl (C=O) groups excluding carboxylic acids is 1. The molecule has 3 aromatic rings. The van der Waals surface area contributed by atoms with Crippen LogP contribution in [0.1, 0.15) is 28.8 Å². The molecule has 1 atom stereocenters. The molecule has 1 amide bonds. The zero-order valence-corrected chi connectivity index (χ0v) is 21.7. The van der Waals surface area contributed by atoms with Gasteiger partial charge in [0, 0.05) is 56.7 Å². The molecular weight excluding hydrogens is 509 g/mol. The molecule has 1 aliphatic heterocycles. The second-order valence-corrected chi connectivity index (χ2v) is 10.1. The average Bonchev–Trinajstić information content (AvgIpc) is 3.74. The van der Waals surface area contributed by atoms with E-state index in [1.54, 1.807) is 24.3 Å². The van der Waals surface area contributed by atoms with Gasteiger partial charge in [0.1, 0.15) is 11.6 Å². The third-order valence-electron chi connectivity index (χ3n) is 7.22. The molecule has 4 N–H and O–H groups in total. The van der Waals surface area contributed by atoms with Crippen molar-refractivity contribution in [2.45, 2.75) is 25.1 Å². The Hall–Kier alpha value is -3.99. The predicted octanol–water partition coefficient (Wildman–Crippen LogP) is 5.18. The average molecular weight is 541 g/mol. The first-order valence-electron chi connectivity index (χ1n) is 12.8. The van der Waals surface area contributed by atoms with Gasteiger partial charge in [0.25, 0.3) is 5.91 Å². The van der Waals surface area contributed by atoms with Gasteiger partial charge in [-0.3, -0.25) is 4.79 Å². The number of hydrogen-bond donors (Lipinski definition) is 4. The van der Waals surface area contributed by atoms with Crippen LogP contribution in [0.5, 0.6) is 5.75 Å². The molecule has 2 fully saturated rings. The molecule has 206 valence electrons. The van der Waals surface area contributed by atoms with Crippen molar-refractivity contribution in [1.29, 1.82) is 0 Å². The maximum absolute atomic E-state index is 13.8. The largest absolute Gasteiger partial charge is 0.506 e. The molecule has 2 aliphatic rings. The number of amides is 1. The van der Waals surface area contributed by atoms with E-state index in [0.29, 0.717) is 17.6 Å². The highest BCUT2D eigenvalue weighted by Gasteiger charge is 2.39. The second kappa shape index (κ2) is 10.6. The van der Waals surface area contributed by atoms with Gasteiger partial charge in [-0.15, -0.1) is 0 Å². The minimum absolute atomic E-state index is 0.0972. The number of carbonyl (C=O) groups is 1. The molecule has 1 saturated heterocycles. The number of nitrogens with one attached hydrogen (secondary N) is 3. The smallest absolute Gasteiger partial charge is 0.419 e. The number of likely N-dealkylation sites (N-methyl/N-ethyl adjacent to an activating group) is 1. The van der Waals surface area contributed by atoms with Gasteiger partial charge >= 0.3 is 6.18 Å². The van der Waals surface area contributed by atoms with Crippen LogP contribution in [-0.2, 0) is 6.18 Å². The Labute approximate surface area is 224 Å². The maximum atomic E-state index is 13.8. The summed E-state index contributed by atoms with van der Waals surface area (Å²) >= 11 is 0. The molecule has 5 rings (SSSR count). The van der Waals surface area contributed by atoms with Crippen LogP contribution < -0.4 is 20.9 Å². The normalized spacial score (nSPS) is 18.1. The van der Waals surface area contributed by atoms with Crippen LogP contribution in [0.15, 0.2) is 54.7 Å². The number of alkyl halides is 3. The standard InChI is InChI=1S/C28H31F3N6O2/c1-32-27(39)19-5-3-4-6-21(19)35-22-14-26(33-15-20(22)28(29,30)31)34-18-9-10-23(25(38)13-18)37-12-11-36(2)16-24(37)17-7-8-17/h3-6,9-10,13-15,17,24,38H,7-8,11-12,16H2,1-2H3,(H,32,39)(H2,33,34,35)/t24-/m0/s1. The van der Waals surface area contributed by atoms with Crippen molar-refractivity contribution >= 4 is 34.5 Å². The van der Waals surface area contributed by atoms with E-state index >= 15 is 0 Å². The van der Waals surface area contributed by atoms with Crippen LogP contribution in [0.3, 0.4) is 0 Å². The van der Waals surface area contributed by atoms with Crippen LogP contribution in [-0.4, -0.2) is 60.7 Å². The minimum Gasteiger partial charge on any atom is -0.506 e. The van der Waals surface area contributed by atoms with E-state index in [1.807, 2.05) is 6.07 Å².